The Labute approximate surface area is 204 Å². The van der Waals surface area contributed by atoms with Crippen molar-refractivity contribution in [3.05, 3.63) is 118 Å². The summed E-state index contributed by atoms with van der Waals surface area (Å²) < 4.78 is 58.3. The zero-order valence-corrected chi connectivity index (χ0v) is 20.0. The predicted octanol–water partition coefficient (Wildman–Crippen LogP) is 8.88. The van der Waals surface area contributed by atoms with Gasteiger partial charge >= 0.3 is 0 Å². The van der Waals surface area contributed by atoms with Crippen LogP contribution in [-0.2, 0) is 25.7 Å². The molecule has 4 rings (SSSR count). The summed E-state index contributed by atoms with van der Waals surface area (Å²) in [4.78, 5) is 0. The summed E-state index contributed by atoms with van der Waals surface area (Å²) in [6.45, 7) is 3.88. The first kappa shape index (κ1) is 24.7. The van der Waals surface area contributed by atoms with E-state index in [9.17, 15) is 17.6 Å². The molecule has 0 aromatic heterocycles. The molecular formula is C31H28F4. The summed E-state index contributed by atoms with van der Waals surface area (Å²) in [5.74, 6) is -3.33. The minimum absolute atomic E-state index is 0.184. The Hall–Kier alpha value is -3.40. The van der Waals surface area contributed by atoms with Crippen molar-refractivity contribution in [2.24, 2.45) is 0 Å². The second-order valence-electron chi connectivity index (χ2n) is 8.80. The summed E-state index contributed by atoms with van der Waals surface area (Å²) in [6.07, 6.45) is 3.26. The van der Waals surface area contributed by atoms with Gasteiger partial charge in [0.25, 0.3) is 0 Å². The predicted molar refractivity (Wildman–Crippen MR) is 134 cm³/mol. The Morgan fingerprint density at radius 2 is 0.914 bits per heavy atom. The van der Waals surface area contributed by atoms with E-state index in [2.05, 4.69) is 6.92 Å². The molecule has 0 radical (unpaired) electrons. The molecule has 0 aliphatic heterocycles. The zero-order valence-electron chi connectivity index (χ0n) is 20.0. The summed E-state index contributed by atoms with van der Waals surface area (Å²) in [6, 6.07) is 21.0. The standard InChI is InChI=1S/C31H28F4/c1-3-5-20-6-11-23(12-7-20)26-18-19-27(31(35)30(26)34)24-13-8-21(9-14-24)10-15-25-17-16-22(4-2)28(32)29(25)33/h6-9,11-14,16-19H,3-5,10,15H2,1-2H3. The third-order valence-corrected chi connectivity index (χ3v) is 6.46. The average Bonchev–Trinajstić information content (AvgIpc) is 2.88. The zero-order chi connectivity index (χ0) is 24.9. The lowest BCUT2D eigenvalue weighted by molar-refractivity contribution is 0.490. The molecule has 0 atom stereocenters. The second kappa shape index (κ2) is 10.9. The van der Waals surface area contributed by atoms with Crippen molar-refractivity contribution in [3.8, 4) is 22.3 Å². The fourth-order valence-corrected chi connectivity index (χ4v) is 4.36. The largest absolute Gasteiger partial charge is 0.203 e. The molecule has 0 aliphatic carbocycles. The van der Waals surface area contributed by atoms with E-state index in [1.165, 1.54) is 5.56 Å². The van der Waals surface area contributed by atoms with Crippen LogP contribution in [0.5, 0.6) is 0 Å². The van der Waals surface area contributed by atoms with Crippen molar-refractivity contribution in [2.75, 3.05) is 0 Å². The third-order valence-electron chi connectivity index (χ3n) is 6.46. The lowest BCUT2D eigenvalue weighted by atomic mass is 9.96. The summed E-state index contributed by atoms with van der Waals surface area (Å²) in [5, 5.41) is 0. The topological polar surface area (TPSA) is 0 Å². The van der Waals surface area contributed by atoms with Gasteiger partial charge in [0.15, 0.2) is 23.3 Å². The fraction of sp³-hybridized carbons (Fsp3) is 0.226. The van der Waals surface area contributed by atoms with Gasteiger partial charge in [-0.3, -0.25) is 0 Å². The van der Waals surface area contributed by atoms with Gasteiger partial charge in [-0.05, 0) is 59.1 Å². The molecule has 0 amide bonds. The lowest BCUT2D eigenvalue weighted by Crippen LogP contribution is -2.01. The highest BCUT2D eigenvalue weighted by Crippen LogP contribution is 2.32. The Morgan fingerprint density at radius 3 is 1.40 bits per heavy atom. The van der Waals surface area contributed by atoms with Crippen LogP contribution in [-0.4, -0.2) is 0 Å². The van der Waals surface area contributed by atoms with E-state index < -0.39 is 23.3 Å². The molecule has 4 aromatic rings. The van der Waals surface area contributed by atoms with Crippen LogP contribution >= 0.6 is 0 Å². The van der Waals surface area contributed by atoms with E-state index >= 15 is 0 Å². The van der Waals surface area contributed by atoms with Crippen LogP contribution < -0.4 is 0 Å². The van der Waals surface area contributed by atoms with Crippen LogP contribution in [0.2, 0.25) is 0 Å². The van der Waals surface area contributed by atoms with E-state index in [1.807, 2.05) is 36.4 Å². The molecule has 0 unspecified atom stereocenters. The number of hydrogen-bond donors (Lipinski definition) is 0. The summed E-state index contributed by atoms with van der Waals surface area (Å²) in [7, 11) is 0. The van der Waals surface area contributed by atoms with Gasteiger partial charge in [0.2, 0.25) is 0 Å². The number of halogens is 4. The van der Waals surface area contributed by atoms with E-state index in [-0.39, 0.29) is 11.1 Å². The van der Waals surface area contributed by atoms with Gasteiger partial charge < -0.3 is 0 Å². The quantitative estimate of drug-likeness (QED) is 0.223. The molecule has 180 valence electrons. The maximum absolute atomic E-state index is 15.0. The lowest BCUT2D eigenvalue weighted by Gasteiger charge is -2.11. The van der Waals surface area contributed by atoms with Gasteiger partial charge in [-0.1, -0.05) is 93.1 Å². The molecule has 0 heterocycles. The third kappa shape index (κ3) is 5.32. The normalized spacial score (nSPS) is 11.1. The van der Waals surface area contributed by atoms with Crippen molar-refractivity contribution in [1.29, 1.82) is 0 Å². The maximum atomic E-state index is 15.0. The minimum Gasteiger partial charge on any atom is -0.203 e. The molecular weight excluding hydrogens is 448 g/mol. The second-order valence-corrected chi connectivity index (χ2v) is 8.80. The number of aryl methyl sites for hydroxylation is 4. The molecule has 0 spiro atoms. The molecule has 0 N–H and O–H groups in total. The van der Waals surface area contributed by atoms with Crippen LogP contribution in [0, 0.1) is 23.3 Å². The molecule has 0 bridgehead atoms. The molecule has 0 saturated carbocycles. The molecule has 4 aromatic carbocycles. The van der Waals surface area contributed by atoms with Gasteiger partial charge in [0, 0.05) is 11.1 Å². The molecule has 0 saturated heterocycles. The van der Waals surface area contributed by atoms with Crippen LogP contribution in [0.1, 0.15) is 42.5 Å². The van der Waals surface area contributed by atoms with Crippen LogP contribution in [0.25, 0.3) is 22.3 Å². The van der Waals surface area contributed by atoms with Gasteiger partial charge in [-0.15, -0.1) is 0 Å². The van der Waals surface area contributed by atoms with E-state index in [1.54, 1.807) is 43.3 Å². The first-order valence-corrected chi connectivity index (χ1v) is 12.0. The van der Waals surface area contributed by atoms with Crippen molar-refractivity contribution >= 4 is 0 Å². The Kier molecular flexibility index (Phi) is 7.70. The Balaban J connectivity index is 1.50. The molecule has 0 fully saturated rings. The van der Waals surface area contributed by atoms with Crippen molar-refractivity contribution in [2.45, 2.75) is 46.0 Å². The van der Waals surface area contributed by atoms with Gasteiger partial charge in [0.1, 0.15) is 0 Å². The fourth-order valence-electron chi connectivity index (χ4n) is 4.36. The highest BCUT2D eigenvalue weighted by Gasteiger charge is 2.16. The smallest absolute Gasteiger partial charge is 0.167 e. The number of rotatable bonds is 8. The highest BCUT2D eigenvalue weighted by molar-refractivity contribution is 5.72. The Morgan fingerprint density at radius 1 is 0.457 bits per heavy atom. The van der Waals surface area contributed by atoms with Gasteiger partial charge in [-0.2, -0.15) is 0 Å². The van der Waals surface area contributed by atoms with Crippen LogP contribution in [0.15, 0.2) is 72.8 Å². The van der Waals surface area contributed by atoms with Gasteiger partial charge in [-0.25, -0.2) is 17.6 Å². The van der Waals surface area contributed by atoms with Crippen LogP contribution in [0.3, 0.4) is 0 Å². The molecule has 0 nitrogen and oxygen atoms in total. The molecule has 35 heavy (non-hydrogen) atoms. The van der Waals surface area contributed by atoms with Gasteiger partial charge in [0.05, 0.1) is 0 Å². The summed E-state index contributed by atoms with van der Waals surface area (Å²) >= 11 is 0. The first-order chi connectivity index (χ1) is 16.9. The number of benzene rings is 4. The van der Waals surface area contributed by atoms with E-state index in [0.29, 0.717) is 41.5 Å². The number of hydrogen-bond acceptors (Lipinski definition) is 0. The van der Waals surface area contributed by atoms with Crippen molar-refractivity contribution in [1.82, 2.24) is 0 Å². The SMILES string of the molecule is CCCc1ccc(-c2ccc(-c3ccc(CCc4ccc(CC)c(F)c4F)cc3)c(F)c2F)cc1. The highest BCUT2D eigenvalue weighted by atomic mass is 19.2. The minimum atomic E-state index is -0.888. The van der Waals surface area contributed by atoms with Crippen molar-refractivity contribution < 1.29 is 17.6 Å². The van der Waals surface area contributed by atoms with Crippen LogP contribution in [0.4, 0.5) is 17.6 Å². The first-order valence-electron chi connectivity index (χ1n) is 12.0. The molecule has 4 heteroatoms. The molecule has 0 aliphatic rings. The average molecular weight is 477 g/mol. The van der Waals surface area contributed by atoms with E-state index in [0.717, 1.165) is 18.4 Å². The summed E-state index contributed by atoms with van der Waals surface area (Å²) in [5.41, 5.74) is 4.37. The Bertz CT molecular complexity index is 1310. The van der Waals surface area contributed by atoms with Crippen molar-refractivity contribution in [3.63, 3.8) is 0 Å². The van der Waals surface area contributed by atoms with E-state index in [4.69, 9.17) is 0 Å². The monoisotopic (exact) mass is 476 g/mol. The maximum Gasteiger partial charge on any atom is 0.167 e.